The van der Waals surface area contributed by atoms with E-state index in [0.717, 1.165) is 22.6 Å². The van der Waals surface area contributed by atoms with Gasteiger partial charge in [-0.05, 0) is 31.5 Å². The fourth-order valence-corrected chi connectivity index (χ4v) is 3.86. The van der Waals surface area contributed by atoms with Gasteiger partial charge in [-0.15, -0.1) is 0 Å². The van der Waals surface area contributed by atoms with Gasteiger partial charge in [-0.1, -0.05) is 29.3 Å². The normalized spacial score (nSPS) is 16.6. The molecule has 1 aliphatic rings. The van der Waals surface area contributed by atoms with Crippen molar-refractivity contribution in [3.05, 3.63) is 57.3 Å². The Kier molecular flexibility index (Phi) is 4.25. The third-order valence-corrected chi connectivity index (χ3v) is 5.70. The number of halogens is 2. The standard InChI is InChI=1S/C18H17Cl2N5O/c1-10-16-12(17(23-22-16)14-6-8-21-24(14)2)7-9-25(10)18(26)11-4-3-5-13(19)15(11)20/h3-6,8,10H,7,9H2,1-2H3,(H,22,23). The van der Waals surface area contributed by atoms with Crippen molar-refractivity contribution in [1.29, 1.82) is 0 Å². The van der Waals surface area contributed by atoms with E-state index in [9.17, 15) is 4.79 Å². The van der Waals surface area contributed by atoms with Gasteiger partial charge in [0.25, 0.3) is 5.91 Å². The number of rotatable bonds is 2. The van der Waals surface area contributed by atoms with Crippen molar-refractivity contribution in [3.63, 3.8) is 0 Å². The second-order valence-electron chi connectivity index (χ2n) is 6.33. The fourth-order valence-electron chi connectivity index (χ4n) is 3.48. The summed E-state index contributed by atoms with van der Waals surface area (Å²) in [6.07, 6.45) is 2.46. The van der Waals surface area contributed by atoms with Crippen LogP contribution < -0.4 is 0 Å². The molecule has 1 aliphatic heterocycles. The third-order valence-electron chi connectivity index (χ3n) is 4.88. The van der Waals surface area contributed by atoms with Crippen LogP contribution in [-0.4, -0.2) is 37.3 Å². The van der Waals surface area contributed by atoms with Crippen LogP contribution in [0.1, 0.15) is 34.6 Å². The summed E-state index contributed by atoms with van der Waals surface area (Å²) < 4.78 is 1.81. The van der Waals surface area contributed by atoms with Gasteiger partial charge < -0.3 is 4.90 Å². The molecule has 0 aliphatic carbocycles. The predicted octanol–water partition coefficient (Wildman–Crippen LogP) is 3.88. The van der Waals surface area contributed by atoms with Crippen LogP contribution in [0.4, 0.5) is 0 Å². The van der Waals surface area contributed by atoms with Crippen LogP contribution >= 0.6 is 23.2 Å². The maximum Gasteiger partial charge on any atom is 0.255 e. The number of carbonyl (C=O) groups is 1. The Morgan fingerprint density at radius 2 is 2.12 bits per heavy atom. The smallest absolute Gasteiger partial charge is 0.255 e. The number of aryl methyl sites for hydroxylation is 1. The summed E-state index contributed by atoms with van der Waals surface area (Å²) in [5.41, 5.74) is 4.35. The Bertz CT molecular complexity index is 993. The molecule has 1 unspecified atom stereocenters. The summed E-state index contributed by atoms with van der Waals surface area (Å²) in [6.45, 7) is 2.56. The third kappa shape index (κ3) is 2.61. The highest BCUT2D eigenvalue weighted by Gasteiger charge is 2.33. The summed E-state index contributed by atoms with van der Waals surface area (Å²) in [6, 6.07) is 6.88. The quantitative estimate of drug-likeness (QED) is 0.722. The number of aromatic amines is 1. The van der Waals surface area contributed by atoms with Gasteiger partial charge in [-0.25, -0.2) is 0 Å². The lowest BCUT2D eigenvalue weighted by Gasteiger charge is -2.33. The van der Waals surface area contributed by atoms with E-state index in [1.54, 1.807) is 29.3 Å². The Balaban J connectivity index is 1.68. The van der Waals surface area contributed by atoms with Gasteiger partial charge in [0.15, 0.2) is 0 Å². The van der Waals surface area contributed by atoms with Gasteiger partial charge in [-0.3, -0.25) is 14.6 Å². The molecule has 8 heteroatoms. The van der Waals surface area contributed by atoms with Crippen LogP contribution in [-0.2, 0) is 13.5 Å². The highest BCUT2D eigenvalue weighted by molar-refractivity contribution is 6.43. The maximum absolute atomic E-state index is 13.0. The van der Waals surface area contributed by atoms with Crippen molar-refractivity contribution >= 4 is 29.1 Å². The Labute approximate surface area is 160 Å². The van der Waals surface area contributed by atoms with Crippen LogP contribution in [0.3, 0.4) is 0 Å². The molecule has 1 N–H and O–H groups in total. The minimum Gasteiger partial charge on any atom is -0.330 e. The van der Waals surface area contributed by atoms with Crippen LogP contribution in [0.25, 0.3) is 11.4 Å². The lowest BCUT2D eigenvalue weighted by molar-refractivity contribution is 0.0674. The van der Waals surface area contributed by atoms with E-state index in [4.69, 9.17) is 23.2 Å². The number of aromatic nitrogens is 4. The summed E-state index contributed by atoms with van der Waals surface area (Å²) in [7, 11) is 1.89. The van der Waals surface area contributed by atoms with Crippen molar-refractivity contribution < 1.29 is 4.79 Å². The van der Waals surface area contributed by atoms with Gasteiger partial charge in [-0.2, -0.15) is 10.2 Å². The number of hydrogen-bond acceptors (Lipinski definition) is 3. The zero-order valence-corrected chi connectivity index (χ0v) is 15.8. The molecule has 1 amide bonds. The van der Waals surface area contributed by atoms with E-state index in [0.29, 0.717) is 23.6 Å². The van der Waals surface area contributed by atoms with Gasteiger partial charge in [0.2, 0.25) is 0 Å². The second-order valence-corrected chi connectivity index (χ2v) is 7.11. The second kappa shape index (κ2) is 6.45. The summed E-state index contributed by atoms with van der Waals surface area (Å²) in [5.74, 6) is -0.138. The molecule has 134 valence electrons. The first-order chi connectivity index (χ1) is 12.5. The van der Waals surface area contributed by atoms with Crippen molar-refractivity contribution in [2.24, 2.45) is 7.05 Å². The molecule has 3 heterocycles. The number of H-pyrrole nitrogens is 1. The zero-order chi connectivity index (χ0) is 18.4. The highest BCUT2D eigenvalue weighted by atomic mass is 35.5. The first-order valence-corrected chi connectivity index (χ1v) is 9.05. The zero-order valence-electron chi connectivity index (χ0n) is 14.3. The molecule has 0 saturated heterocycles. The Hall–Kier alpha value is -2.31. The maximum atomic E-state index is 13.0. The lowest BCUT2D eigenvalue weighted by atomic mass is 9.96. The molecule has 3 aromatic rings. The average Bonchev–Trinajstić information content (AvgIpc) is 3.23. The molecule has 26 heavy (non-hydrogen) atoms. The fraction of sp³-hybridized carbons (Fsp3) is 0.278. The topological polar surface area (TPSA) is 66.8 Å². The number of nitrogens with zero attached hydrogens (tertiary/aromatic N) is 4. The molecule has 6 nitrogen and oxygen atoms in total. The molecular formula is C18H17Cl2N5O. The molecule has 1 atom stereocenters. The molecule has 2 aromatic heterocycles. The van der Waals surface area contributed by atoms with E-state index in [-0.39, 0.29) is 17.0 Å². The Morgan fingerprint density at radius 1 is 1.31 bits per heavy atom. The van der Waals surface area contributed by atoms with Gasteiger partial charge >= 0.3 is 0 Å². The number of benzene rings is 1. The van der Waals surface area contributed by atoms with Gasteiger partial charge in [0.05, 0.1) is 38.7 Å². The van der Waals surface area contributed by atoms with Crippen molar-refractivity contribution in [1.82, 2.24) is 24.9 Å². The molecule has 0 fully saturated rings. The Morgan fingerprint density at radius 3 is 2.85 bits per heavy atom. The first kappa shape index (κ1) is 17.1. The number of hydrogen-bond donors (Lipinski definition) is 1. The van der Waals surface area contributed by atoms with E-state index < -0.39 is 0 Å². The number of nitrogens with one attached hydrogen (secondary N) is 1. The van der Waals surface area contributed by atoms with Gasteiger partial charge in [0.1, 0.15) is 0 Å². The lowest BCUT2D eigenvalue weighted by Crippen LogP contribution is -2.39. The largest absolute Gasteiger partial charge is 0.330 e. The van der Waals surface area contributed by atoms with Gasteiger partial charge in [0, 0.05) is 25.4 Å². The molecule has 0 saturated carbocycles. The number of carbonyl (C=O) groups excluding carboxylic acids is 1. The van der Waals surface area contributed by atoms with Crippen molar-refractivity contribution in [2.45, 2.75) is 19.4 Å². The molecule has 0 radical (unpaired) electrons. The summed E-state index contributed by atoms with van der Waals surface area (Å²) in [4.78, 5) is 14.8. The minimum absolute atomic E-state index is 0.138. The number of amides is 1. The van der Waals surface area contributed by atoms with Crippen LogP contribution in [0, 0.1) is 0 Å². The molecule has 0 spiro atoms. The molecule has 1 aromatic carbocycles. The van der Waals surface area contributed by atoms with Crippen molar-refractivity contribution in [2.75, 3.05) is 6.54 Å². The van der Waals surface area contributed by atoms with Crippen molar-refractivity contribution in [3.8, 4) is 11.4 Å². The molecular weight excluding hydrogens is 373 g/mol. The molecule has 0 bridgehead atoms. The van der Waals surface area contributed by atoms with E-state index >= 15 is 0 Å². The van der Waals surface area contributed by atoms with E-state index in [1.807, 2.05) is 24.7 Å². The van der Waals surface area contributed by atoms with E-state index in [2.05, 4.69) is 15.3 Å². The first-order valence-electron chi connectivity index (χ1n) is 8.29. The SMILES string of the molecule is CC1c2n[nH]c(-c3ccnn3C)c2CCN1C(=O)c1cccc(Cl)c1Cl. The van der Waals surface area contributed by atoms with Crippen LogP contribution in [0.2, 0.25) is 10.0 Å². The minimum atomic E-state index is -0.167. The average molecular weight is 390 g/mol. The molecule has 4 rings (SSSR count). The summed E-state index contributed by atoms with van der Waals surface area (Å²) in [5, 5.41) is 12.5. The van der Waals surface area contributed by atoms with Crippen LogP contribution in [0.15, 0.2) is 30.5 Å². The summed E-state index contributed by atoms with van der Waals surface area (Å²) >= 11 is 12.3. The van der Waals surface area contributed by atoms with E-state index in [1.165, 1.54) is 0 Å². The monoisotopic (exact) mass is 389 g/mol. The number of fused-ring (bicyclic) bond motifs is 1. The highest BCUT2D eigenvalue weighted by Crippen LogP contribution is 2.36. The predicted molar refractivity (Wildman–Crippen MR) is 100 cm³/mol. The van der Waals surface area contributed by atoms with Crippen LogP contribution in [0.5, 0.6) is 0 Å².